The van der Waals surface area contributed by atoms with Gasteiger partial charge < -0.3 is 16.0 Å². The zero-order valence-corrected chi connectivity index (χ0v) is 17.5. The summed E-state index contributed by atoms with van der Waals surface area (Å²) in [7, 11) is 0. The van der Waals surface area contributed by atoms with Crippen LogP contribution in [0.25, 0.3) is 0 Å². The van der Waals surface area contributed by atoms with E-state index >= 15 is 0 Å². The molecule has 0 spiro atoms. The molecule has 13 heteroatoms. The molecule has 0 aromatic carbocycles. The number of nitrogens with two attached hydrogens (primary N) is 2. The third kappa shape index (κ3) is 9.78. The highest BCUT2D eigenvalue weighted by Crippen LogP contribution is 2.05. The zero-order chi connectivity index (χ0) is 21.6. The summed E-state index contributed by atoms with van der Waals surface area (Å²) in [6, 6.07) is -0.928. The highest BCUT2D eigenvalue weighted by Gasteiger charge is 2.25. The first kappa shape index (κ1) is 24.9. The standard InChI is InChI=1S/C16H26N6O5S2/c17-28-9-6-19-12(23)2-1-11(16(27)20-7-10-29-18)21-13(24)5-8-22-14(25)3-4-15(22)26/h3-4,11H,1-2,5-10,17-18H2,(H,19,23)(H,20,27)(H,21,24). The summed E-state index contributed by atoms with van der Waals surface area (Å²) >= 11 is 2.17. The molecule has 0 aromatic rings. The topological polar surface area (TPSA) is 177 Å². The third-order valence-corrected chi connectivity index (χ3v) is 4.72. The Morgan fingerprint density at radius 3 is 2.10 bits per heavy atom. The van der Waals surface area contributed by atoms with E-state index in [4.69, 9.17) is 10.3 Å². The average molecular weight is 447 g/mol. The Balaban J connectivity index is 2.53. The molecular weight excluding hydrogens is 420 g/mol. The molecule has 7 N–H and O–H groups in total. The lowest BCUT2D eigenvalue weighted by Crippen LogP contribution is -2.48. The van der Waals surface area contributed by atoms with Gasteiger partial charge in [0.05, 0.1) is 0 Å². The van der Waals surface area contributed by atoms with E-state index < -0.39 is 29.7 Å². The van der Waals surface area contributed by atoms with Gasteiger partial charge in [-0.1, -0.05) is 23.9 Å². The molecule has 0 saturated carbocycles. The molecule has 0 radical (unpaired) electrons. The molecule has 1 rings (SSSR count). The van der Waals surface area contributed by atoms with Gasteiger partial charge in [-0.15, -0.1) is 0 Å². The maximum atomic E-state index is 12.3. The Morgan fingerprint density at radius 2 is 1.52 bits per heavy atom. The molecule has 1 heterocycles. The Morgan fingerprint density at radius 1 is 0.931 bits per heavy atom. The molecule has 0 aliphatic carbocycles. The van der Waals surface area contributed by atoms with Crippen LogP contribution in [0.4, 0.5) is 0 Å². The van der Waals surface area contributed by atoms with E-state index in [9.17, 15) is 24.0 Å². The van der Waals surface area contributed by atoms with Gasteiger partial charge in [-0.05, 0) is 6.42 Å². The minimum absolute atomic E-state index is 0.0340. The second-order valence-corrected chi connectivity index (χ2v) is 7.44. The van der Waals surface area contributed by atoms with E-state index in [-0.39, 0.29) is 31.7 Å². The van der Waals surface area contributed by atoms with Gasteiger partial charge in [-0.3, -0.25) is 39.2 Å². The monoisotopic (exact) mass is 446 g/mol. The van der Waals surface area contributed by atoms with Gasteiger partial charge in [-0.2, -0.15) is 0 Å². The van der Waals surface area contributed by atoms with Gasteiger partial charge in [0.2, 0.25) is 17.7 Å². The van der Waals surface area contributed by atoms with E-state index in [1.54, 1.807) is 0 Å². The molecule has 0 bridgehead atoms. The number of hydrogen-bond donors (Lipinski definition) is 5. The van der Waals surface area contributed by atoms with Crippen molar-refractivity contribution in [3.63, 3.8) is 0 Å². The third-order valence-electron chi connectivity index (χ3n) is 3.84. The summed E-state index contributed by atoms with van der Waals surface area (Å²) in [6.07, 6.45) is 2.24. The summed E-state index contributed by atoms with van der Waals surface area (Å²) in [6.45, 7) is 0.628. The van der Waals surface area contributed by atoms with E-state index in [0.29, 0.717) is 24.6 Å². The first-order valence-corrected chi connectivity index (χ1v) is 11.0. The molecular formula is C16H26N6O5S2. The van der Waals surface area contributed by atoms with Crippen LogP contribution in [-0.4, -0.2) is 71.6 Å². The van der Waals surface area contributed by atoms with Crippen molar-refractivity contribution in [3.05, 3.63) is 12.2 Å². The number of hydrogen-bond acceptors (Lipinski definition) is 9. The van der Waals surface area contributed by atoms with E-state index in [1.165, 1.54) is 0 Å². The molecule has 0 aromatic heterocycles. The lowest BCUT2D eigenvalue weighted by Gasteiger charge is -2.19. The van der Waals surface area contributed by atoms with Crippen molar-refractivity contribution in [2.45, 2.75) is 25.3 Å². The number of amides is 5. The van der Waals surface area contributed by atoms with Gasteiger partial charge in [-0.25, -0.2) is 0 Å². The number of rotatable bonds is 14. The van der Waals surface area contributed by atoms with Crippen molar-refractivity contribution in [1.82, 2.24) is 20.9 Å². The van der Waals surface area contributed by atoms with Gasteiger partial charge in [0.25, 0.3) is 11.8 Å². The van der Waals surface area contributed by atoms with Crippen LogP contribution in [-0.2, 0) is 24.0 Å². The number of carbonyl (C=O) groups is 5. The number of nitrogens with one attached hydrogen (secondary N) is 3. The van der Waals surface area contributed by atoms with Crippen molar-refractivity contribution in [2.24, 2.45) is 10.3 Å². The van der Waals surface area contributed by atoms with Gasteiger partial charge in [0.15, 0.2) is 0 Å². The molecule has 11 nitrogen and oxygen atoms in total. The quantitative estimate of drug-likeness (QED) is 0.115. The van der Waals surface area contributed by atoms with E-state index in [2.05, 4.69) is 16.0 Å². The number of nitrogens with zero attached hydrogens (tertiary/aromatic N) is 1. The largest absolute Gasteiger partial charge is 0.355 e. The van der Waals surface area contributed by atoms with E-state index in [0.717, 1.165) is 40.9 Å². The van der Waals surface area contributed by atoms with Crippen molar-refractivity contribution in [2.75, 3.05) is 31.1 Å². The normalized spacial score (nSPS) is 14.1. The first-order valence-electron chi connectivity index (χ1n) is 8.89. The lowest BCUT2D eigenvalue weighted by molar-refractivity contribution is -0.137. The lowest BCUT2D eigenvalue weighted by atomic mass is 10.1. The van der Waals surface area contributed by atoms with Crippen LogP contribution >= 0.6 is 23.9 Å². The number of carbonyl (C=O) groups excluding carboxylic acids is 5. The van der Waals surface area contributed by atoms with Crippen molar-refractivity contribution in [3.8, 4) is 0 Å². The minimum atomic E-state index is -0.928. The Kier molecular flexibility index (Phi) is 12.0. The molecule has 29 heavy (non-hydrogen) atoms. The van der Waals surface area contributed by atoms with Crippen LogP contribution in [0, 0.1) is 0 Å². The van der Waals surface area contributed by atoms with Crippen LogP contribution in [0.2, 0.25) is 0 Å². The second kappa shape index (κ2) is 14.0. The zero-order valence-electron chi connectivity index (χ0n) is 15.8. The predicted molar refractivity (Wildman–Crippen MR) is 111 cm³/mol. The molecule has 0 saturated heterocycles. The Bertz CT molecular complexity index is 627. The van der Waals surface area contributed by atoms with Crippen molar-refractivity contribution >= 4 is 53.4 Å². The van der Waals surface area contributed by atoms with Crippen LogP contribution in [0.5, 0.6) is 0 Å². The fourth-order valence-electron chi connectivity index (χ4n) is 2.37. The summed E-state index contributed by atoms with van der Waals surface area (Å²) < 4.78 is 0. The van der Waals surface area contributed by atoms with Gasteiger partial charge in [0, 0.05) is 56.1 Å². The molecule has 1 atom stereocenters. The molecule has 162 valence electrons. The maximum Gasteiger partial charge on any atom is 0.253 e. The summed E-state index contributed by atoms with van der Waals surface area (Å²) in [5.41, 5.74) is 0. The van der Waals surface area contributed by atoms with Crippen molar-refractivity contribution in [1.29, 1.82) is 0 Å². The van der Waals surface area contributed by atoms with Crippen LogP contribution < -0.4 is 26.2 Å². The van der Waals surface area contributed by atoms with Crippen LogP contribution in [0.1, 0.15) is 19.3 Å². The Labute approximate surface area is 177 Å². The molecule has 0 fully saturated rings. The number of imide groups is 1. The first-order chi connectivity index (χ1) is 13.9. The van der Waals surface area contributed by atoms with Gasteiger partial charge >= 0.3 is 0 Å². The summed E-state index contributed by atoms with van der Waals surface area (Å²) in [5, 5.41) is 18.5. The SMILES string of the molecule is NSCCNC(=O)CCC(NC(=O)CCN1C(=O)C=CC1=O)C(=O)NCCSN. The summed E-state index contributed by atoms with van der Waals surface area (Å²) in [5.74, 6) is -1.12. The molecule has 1 aliphatic heterocycles. The van der Waals surface area contributed by atoms with Crippen LogP contribution in [0.3, 0.4) is 0 Å². The Hall–Kier alpha value is -2.09. The minimum Gasteiger partial charge on any atom is -0.355 e. The average Bonchev–Trinajstić information content (AvgIpc) is 3.01. The highest BCUT2D eigenvalue weighted by molar-refractivity contribution is 7.97. The molecule has 5 amide bonds. The maximum absolute atomic E-state index is 12.3. The fraction of sp³-hybridized carbons (Fsp3) is 0.562. The van der Waals surface area contributed by atoms with Crippen molar-refractivity contribution < 1.29 is 24.0 Å². The van der Waals surface area contributed by atoms with Crippen LogP contribution in [0.15, 0.2) is 12.2 Å². The molecule has 1 unspecified atom stereocenters. The highest BCUT2D eigenvalue weighted by atomic mass is 32.2. The van der Waals surface area contributed by atoms with E-state index in [1.807, 2.05) is 0 Å². The predicted octanol–water partition coefficient (Wildman–Crippen LogP) is -1.99. The van der Waals surface area contributed by atoms with Gasteiger partial charge in [0.1, 0.15) is 6.04 Å². The smallest absolute Gasteiger partial charge is 0.253 e. The fourth-order valence-corrected chi connectivity index (χ4v) is 2.81. The summed E-state index contributed by atoms with van der Waals surface area (Å²) in [4.78, 5) is 60.4. The second-order valence-electron chi connectivity index (χ2n) is 5.95. The molecule has 1 aliphatic rings.